The molecule has 0 aliphatic heterocycles. The largest absolute Gasteiger partial charge is 0.437 e. The van der Waals surface area contributed by atoms with Crippen molar-refractivity contribution in [3.05, 3.63) is 45.9 Å². The van der Waals surface area contributed by atoms with Crippen LogP contribution in [0.25, 0.3) is 0 Å². The second kappa shape index (κ2) is 5.21. The van der Waals surface area contributed by atoms with Crippen molar-refractivity contribution in [3.8, 4) is 17.7 Å². The Morgan fingerprint density at radius 2 is 2.00 bits per heavy atom. The molecule has 0 atom stereocenters. The van der Waals surface area contributed by atoms with E-state index in [1.165, 1.54) is 12.1 Å². The lowest BCUT2D eigenvalue weighted by Crippen LogP contribution is -1.98. The minimum Gasteiger partial charge on any atom is -0.437 e. The molecule has 1 aromatic heterocycles. The van der Waals surface area contributed by atoms with Gasteiger partial charge >= 0.3 is 0 Å². The zero-order chi connectivity index (χ0) is 14.0. The van der Waals surface area contributed by atoms with Crippen LogP contribution in [0.1, 0.15) is 16.7 Å². The maximum absolute atomic E-state index is 13.4. The second-order valence-corrected chi connectivity index (χ2v) is 4.26. The number of rotatable bonds is 2. The standard InChI is InChI=1S/C13H9ClFN3O/c1-7-8(2)13(18-17-12(7)14)19-10-4-3-9(6-16)11(15)5-10/h3-5H,1-2H3. The molecule has 0 aliphatic rings. The summed E-state index contributed by atoms with van der Waals surface area (Å²) in [5.74, 6) is -0.141. The van der Waals surface area contributed by atoms with Crippen molar-refractivity contribution in [2.45, 2.75) is 13.8 Å². The number of nitriles is 1. The van der Waals surface area contributed by atoms with Crippen LogP contribution >= 0.6 is 11.6 Å². The van der Waals surface area contributed by atoms with Crippen LogP contribution in [0, 0.1) is 31.0 Å². The second-order valence-electron chi connectivity index (χ2n) is 3.90. The summed E-state index contributed by atoms with van der Waals surface area (Å²) in [7, 11) is 0. The Hall–Kier alpha value is -2.19. The molecule has 0 saturated carbocycles. The van der Waals surface area contributed by atoms with E-state index in [1.54, 1.807) is 19.9 Å². The van der Waals surface area contributed by atoms with Crippen molar-refractivity contribution in [3.63, 3.8) is 0 Å². The van der Waals surface area contributed by atoms with E-state index in [4.69, 9.17) is 21.6 Å². The lowest BCUT2D eigenvalue weighted by atomic mass is 10.2. The molecule has 1 heterocycles. The van der Waals surface area contributed by atoms with Crippen LogP contribution in [0.15, 0.2) is 18.2 Å². The predicted octanol–water partition coefficient (Wildman–Crippen LogP) is 3.55. The topological polar surface area (TPSA) is 58.8 Å². The summed E-state index contributed by atoms with van der Waals surface area (Å²) >= 11 is 5.83. The zero-order valence-electron chi connectivity index (χ0n) is 10.2. The Bertz CT molecular complexity index is 682. The van der Waals surface area contributed by atoms with Crippen LogP contribution in [0.2, 0.25) is 5.15 Å². The van der Waals surface area contributed by atoms with Crippen LogP contribution < -0.4 is 4.74 Å². The van der Waals surface area contributed by atoms with Crippen LogP contribution in [0.3, 0.4) is 0 Å². The van der Waals surface area contributed by atoms with E-state index < -0.39 is 5.82 Å². The normalized spacial score (nSPS) is 10.1. The number of nitrogens with zero attached hydrogens (tertiary/aromatic N) is 3. The van der Waals surface area contributed by atoms with Gasteiger partial charge in [-0.05, 0) is 31.5 Å². The highest BCUT2D eigenvalue weighted by Gasteiger charge is 2.11. The molecule has 0 fully saturated rings. The number of aromatic nitrogens is 2. The third kappa shape index (κ3) is 2.64. The van der Waals surface area contributed by atoms with Crippen LogP contribution in [0.4, 0.5) is 4.39 Å². The SMILES string of the molecule is Cc1c(Cl)nnc(Oc2ccc(C#N)c(F)c2)c1C. The van der Waals surface area contributed by atoms with Gasteiger partial charge in [-0.2, -0.15) is 5.26 Å². The van der Waals surface area contributed by atoms with E-state index in [1.807, 2.05) is 0 Å². The van der Waals surface area contributed by atoms with Crippen molar-refractivity contribution in [1.82, 2.24) is 10.2 Å². The van der Waals surface area contributed by atoms with Crippen molar-refractivity contribution < 1.29 is 9.13 Å². The maximum atomic E-state index is 13.4. The van der Waals surface area contributed by atoms with Gasteiger partial charge < -0.3 is 4.74 Å². The molecule has 2 rings (SSSR count). The number of halogens is 2. The molecule has 0 saturated heterocycles. The van der Waals surface area contributed by atoms with Gasteiger partial charge in [-0.25, -0.2) is 4.39 Å². The van der Waals surface area contributed by atoms with Crippen LogP contribution in [0.5, 0.6) is 11.6 Å². The molecule has 2 aromatic rings. The number of benzene rings is 1. The van der Waals surface area contributed by atoms with E-state index >= 15 is 0 Å². The quantitative estimate of drug-likeness (QED) is 0.842. The molecule has 4 nitrogen and oxygen atoms in total. The van der Waals surface area contributed by atoms with Crippen molar-refractivity contribution in [2.75, 3.05) is 0 Å². The van der Waals surface area contributed by atoms with Crippen molar-refractivity contribution in [1.29, 1.82) is 5.26 Å². The van der Waals surface area contributed by atoms with E-state index in [-0.39, 0.29) is 17.2 Å². The lowest BCUT2D eigenvalue weighted by molar-refractivity contribution is 0.446. The molecule has 0 bridgehead atoms. The monoisotopic (exact) mass is 277 g/mol. The first-order valence-electron chi connectivity index (χ1n) is 5.40. The summed E-state index contributed by atoms with van der Waals surface area (Å²) in [5, 5.41) is 16.5. The molecular formula is C13H9ClFN3O. The minimum absolute atomic E-state index is 0.0394. The molecular weight excluding hydrogens is 269 g/mol. The fourth-order valence-corrected chi connectivity index (χ4v) is 1.59. The van der Waals surface area contributed by atoms with Crippen molar-refractivity contribution >= 4 is 11.6 Å². The summed E-state index contributed by atoms with van der Waals surface area (Å²) in [5.41, 5.74) is 1.44. The Morgan fingerprint density at radius 3 is 2.63 bits per heavy atom. The summed E-state index contributed by atoms with van der Waals surface area (Å²) in [6.07, 6.45) is 0. The first-order chi connectivity index (χ1) is 9.02. The van der Waals surface area contributed by atoms with Crippen molar-refractivity contribution in [2.24, 2.45) is 0 Å². The first kappa shape index (κ1) is 13.2. The zero-order valence-corrected chi connectivity index (χ0v) is 11.0. The minimum atomic E-state index is -0.642. The molecule has 19 heavy (non-hydrogen) atoms. The van der Waals surface area contributed by atoms with E-state index in [0.29, 0.717) is 5.15 Å². The lowest BCUT2D eigenvalue weighted by Gasteiger charge is -2.09. The highest BCUT2D eigenvalue weighted by molar-refractivity contribution is 6.30. The number of ether oxygens (including phenoxy) is 1. The molecule has 1 aromatic carbocycles. The van der Waals surface area contributed by atoms with Gasteiger partial charge in [0.2, 0.25) is 5.88 Å². The highest BCUT2D eigenvalue weighted by Crippen LogP contribution is 2.27. The fraction of sp³-hybridized carbons (Fsp3) is 0.154. The molecule has 0 spiro atoms. The third-order valence-corrected chi connectivity index (χ3v) is 3.06. The molecule has 0 aliphatic carbocycles. The van der Waals surface area contributed by atoms with E-state index in [9.17, 15) is 4.39 Å². The van der Waals surface area contributed by atoms with Gasteiger partial charge in [-0.1, -0.05) is 11.6 Å². The van der Waals surface area contributed by atoms with E-state index in [2.05, 4.69) is 10.2 Å². The van der Waals surface area contributed by atoms with Gasteiger partial charge in [0.1, 0.15) is 17.6 Å². The molecule has 0 N–H and O–H groups in total. The average molecular weight is 278 g/mol. The summed E-state index contributed by atoms with van der Waals surface area (Å²) in [4.78, 5) is 0. The summed E-state index contributed by atoms with van der Waals surface area (Å²) < 4.78 is 18.9. The van der Waals surface area contributed by atoms with Gasteiger partial charge in [0, 0.05) is 11.6 Å². The van der Waals surface area contributed by atoms with Gasteiger partial charge in [0.25, 0.3) is 0 Å². The first-order valence-corrected chi connectivity index (χ1v) is 5.77. The Morgan fingerprint density at radius 1 is 1.26 bits per heavy atom. The molecule has 0 amide bonds. The van der Waals surface area contributed by atoms with E-state index in [0.717, 1.165) is 17.2 Å². The Kier molecular flexibility index (Phi) is 3.63. The van der Waals surface area contributed by atoms with Gasteiger partial charge in [-0.15, -0.1) is 10.2 Å². The molecule has 6 heteroatoms. The number of hydrogen-bond acceptors (Lipinski definition) is 4. The summed E-state index contributed by atoms with van der Waals surface area (Å²) in [6, 6.07) is 5.70. The molecule has 96 valence electrons. The fourth-order valence-electron chi connectivity index (χ4n) is 1.41. The maximum Gasteiger partial charge on any atom is 0.242 e. The molecule has 0 unspecified atom stereocenters. The van der Waals surface area contributed by atoms with Gasteiger partial charge in [0.15, 0.2) is 5.15 Å². The highest BCUT2D eigenvalue weighted by atomic mass is 35.5. The number of hydrogen-bond donors (Lipinski definition) is 0. The smallest absolute Gasteiger partial charge is 0.242 e. The average Bonchev–Trinajstić information content (AvgIpc) is 2.40. The van der Waals surface area contributed by atoms with Gasteiger partial charge in [0.05, 0.1) is 5.56 Å². The molecule has 0 radical (unpaired) electrons. The van der Waals surface area contributed by atoms with Crippen LogP contribution in [-0.4, -0.2) is 10.2 Å². The van der Waals surface area contributed by atoms with Gasteiger partial charge in [-0.3, -0.25) is 0 Å². The third-order valence-electron chi connectivity index (χ3n) is 2.70. The van der Waals surface area contributed by atoms with Crippen LogP contribution in [-0.2, 0) is 0 Å². The Balaban J connectivity index is 2.35. The predicted molar refractivity (Wildman–Crippen MR) is 67.7 cm³/mol. The summed E-state index contributed by atoms with van der Waals surface area (Å²) in [6.45, 7) is 3.57. The Labute approximate surface area is 114 Å².